The Balaban J connectivity index is 3.09. The number of carboxylic acid groups (broad SMARTS) is 1. The van der Waals surface area contributed by atoms with Crippen molar-refractivity contribution >= 4 is 23.7 Å². The summed E-state index contributed by atoms with van der Waals surface area (Å²) in [5.41, 5.74) is 6.29. The molecule has 0 heterocycles. The number of benzene rings is 1. The zero-order valence-corrected chi connectivity index (χ0v) is 19.6. The molecule has 3 amide bonds. The van der Waals surface area contributed by atoms with E-state index in [1.807, 2.05) is 19.9 Å². The van der Waals surface area contributed by atoms with Crippen LogP contribution in [0.3, 0.4) is 0 Å². The van der Waals surface area contributed by atoms with Gasteiger partial charge in [0.25, 0.3) is 0 Å². The molecule has 0 aliphatic carbocycles. The zero-order chi connectivity index (χ0) is 25.1. The summed E-state index contributed by atoms with van der Waals surface area (Å²) >= 11 is 0. The average Bonchev–Trinajstić information content (AvgIpc) is 2.75. The van der Waals surface area contributed by atoms with E-state index in [1.165, 1.54) is 0 Å². The van der Waals surface area contributed by atoms with Crippen LogP contribution in [-0.2, 0) is 25.6 Å². The molecule has 0 radical (unpaired) electrons. The highest BCUT2D eigenvalue weighted by atomic mass is 16.4. The summed E-state index contributed by atoms with van der Waals surface area (Å²) in [6.45, 7) is 6.54. The van der Waals surface area contributed by atoms with E-state index >= 15 is 0 Å². The van der Waals surface area contributed by atoms with Gasteiger partial charge in [-0.2, -0.15) is 0 Å². The fourth-order valence-electron chi connectivity index (χ4n) is 3.16. The number of nitrogens with one attached hydrogen (secondary N) is 3. The lowest BCUT2D eigenvalue weighted by Crippen LogP contribution is -2.59. The number of carbonyl (C=O) groups excluding carboxylic acids is 3. The van der Waals surface area contributed by atoms with Crippen LogP contribution in [0.15, 0.2) is 30.3 Å². The van der Waals surface area contributed by atoms with Gasteiger partial charge in [-0.1, -0.05) is 58.0 Å². The van der Waals surface area contributed by atoms with Gasteiger partial charge in [0.15, 0.2) is 0 Å². The molecule has 7 N–H and O–H groups in total. The van der Waals surface area contributed by atoms with Gasteiger partial charge in [-0.25, -0.2) is 4.79 Å². The van der Waals surface area contributed by atoms with Crippen LogP contribution in [0.4, 0.5) is 0 Å². The first-order valence-electron chi connectivity index (χ1n) is 11.0. The van der Waals surface area contributed by atoms with Crippen molar-refractivity contribution in [3.05, 3.63) is 35.9 Å². The fraction of sp³-hybridized carbons (Fsp3) is 0.565. The fourth-order valence-corrected chi connectivity index (χ4v) is 3.16. The van der Waals surface area contributed by atoms with Gasteiger partial charge >= 0.3 is 5.97 Å². The predicted octanol–water partition coefficient (Wildman–Crippen LogP) is -0.210. The lowest BCUT2D eigenvalue weighted by Gasteiger charge is -2.27. The Hall–Kier alpha value is -2.98. The average molecular weight is 465 g/mol. The van der Waals surface area contributed by atoms with Crippen LogP contribution < -0.4 is 21.7 Å². The molecule has 0 aromatic heterocycles. The van der Waals surface area contributed by atoms with E-state index in [0.29, 0.717) is 0 Å². The quantitative estimate of drug-likeness (QED) is 0.234. The van der Waals surface area contributed by atoms with Gasteiger partial charge in [0.2, 0.25) is 17.7 Å². The normalized spacial score (nSPS) is 14.8. The second-order valence-electron chi connectivity index (χ2n) is 8.80. The highest BCUT2D eigenvalue weighted by Gasteiger charge is 2.31. The van der Waals surface area contributed by atoms with Crippen LogP contribution in [0.5, 0.6) is 0 Å². The standard InChI is InChI=1S/C23H36N4O6/c1-13(2)10-18(23(32)33)26-21(30)17(11-15-8-6-5-7-9-15)25-22(31)19(14(3)4)27-20(29)16(24)12-28/h5-9,13-14,16-19,28H,10-12,24H2,1-4H3,(H,25,31)(H,26,30)(H,27,29)(H,32,33). The lowest BCUT2D eigenvalue weighted by atomic mass is 9.99. The van der Waals surface area contributed by atoms with E-state index in [-0.39, 0.29) is 24.7 Å². The van der Waals surface area contributed by atoms with E-state index in [0.717, 1.165) is 5.56 Å². The predicted molar refractivity (Wildman–Crippen MR) is 123 cm³/mol. The summed E-state index contributed by atoms with van der Waals surface area (Å²) in [4.78, 5) is 49.7. The number of aliphatic hydroxyl groups excluding tert-OH is 1. The molecule has 33 heavy (non-hydrogen) atoms. The summed E-state index contributed by atoms with van der Waals surface area (Å²) < 4.78 is 0. The molecule has 184 valence electrons. The van der Waals surface area contributed by atoms with Crippen molar-refractivity contribution < 1.29 is 29.4 Å². The molecule has 4 atom stereocenters. The summed E-state index contributed by atoms with van der Waals surface area (Å²) in [5, 5.41) is 26.2. The SMILES string of the molecule is CC(C)CC(NC(=O)C(Cc1ccccc1)NC(=O)C(NC(=O)C(N)CO)C(C)C)C(=O)O. The number of nitrogens with two attached hydrogens (primary N) is 1. The Kier molecular flexibility index (Phi) is 11.5. The molecule has 10 nitrogen and oxygen atoms in total. The molecule has 0 spiro atoms. The third-order valence-electron chi connectivity index (χ3n) is 5.02. The van der Waals surface area contributed by atoms with Crippen LogP contribution >= 0.6 is 0 Å². The summed E-state index contributed by atoms with van der Waals surface area (Å²) in [7, 11) is 0. The van der Waals surface area contributed by atoms with Gasteiger partial charge in [0.1, 0.15) is 24.2 Å². The summed E-state index contributed by atoms with van der Waals surface area (Å²) in [5.74, 6) is -3.42. The molecule has 0 saturated carbocycles. The number of carbonyl (C=O) groups is 4. The van der Waals surface area contributed by atoms with Gasteiger partial charge in [-0.3, -0.25) is 14.4 Å². The third-order valence-corrected chi connectivity index (χ3v) is 5.02. The van der Waals surface area contributed by atoms with Gasteiger partial charge in [0.05, 0.1) is 6.61 Å². The number of aliphatic hydroxyl groups is 1. The van der Waals surface area contributed by atoms with Crippen molar-refractivity contribution in [3.63, 3.8) is 0 Å². The van der Waals surface area contributed by atoms with Gasteiger partial charge in [-0.05, 0) is 23.8 Å². The molecule has 4 unspecified atom stereocenters. The van der Waals surface area contributed by atoms with E-state index in [1.54, 1.807) is 38.1 Å². The molecule has 0 bridgehead atoms. The molecule has 1 rings (SSSR count). The molecule has 1 aromatic rings. The second-order valence-corrected chi connectivity index (χ2v) is 8.80. The van der Waals surface area contributed by atoms with Crippen LogP contribution in [-0.4, -0.2) is 64.7 Å². The molecule has 0 aliphatic rings. The first-order valence-corrected chi connectivity index (χ1v) is 11.0. The van der Waals surface area contributed by atoms with Crippen LogP contribution in [0.25, 0.3) is 0 Å². The monoisotopic (exact) mass is 464 g/mol. The van der Waals surface area contributed by atoms with Crippen molar-refractivity contribution in [2.75, 3.05) is 6.61 Å². The van der Waals surface area contributed by atoms with Crippen molar-refractivity contribution in [1.29, 1.82) is 0 Å². The Bertz CT molecular complexity index is 799. The second kappa shape index (κ2) is 13.5. The van der Waals surface area contributed by atoms with Gasteiger partial charge in [-0.15, -0.1) is 0 Å². The number of hydrogen-bond acceptors (Lipinski definition) is 6. The van der Waals surface area contributed by atoms with Crippen molar-refractivity contribution in [2.45, 2.75) is 64.7 Å². The Morgan fingerprint density at radius 2 is 1.45 bits per heavy atom. The highest BCUT2D eigenvalue weighted by molar-refractivity contribution is 5.94. The lowest BCUT2D eigenvalue weighted by molar-refractivity contribution is -0.142. The maximum atomic E-state index is 13.0. The summed E-state index contributed by atoms with van der Waals surface area (Å²) in [6, 6.07) is 4.61. The van der Waals surface area contributed by atoms with E-state index < -0.39 is 54.5 Å². The molecular weight excluding hydrogens is 428 g/mol. The maximum absolute atomic E-state index is 13.0. The molecule has 0 aliphatic heterocycles. The van der Waals surface area contributed by atoms with Crippen LogP contribution in [0.2, 0.25) is 0 Å². The number of aliphatic carboxylic acids is 1. The smallest absolute Gasteiger partial charge is 0.326 e. The number of rotatable bonds is 13. The minimum atomic E-state index is -1.19. The van der Waals surface area contributed by atoms with E-state index in [2.05, 4.69) is 16.0 Å². The number of carboxylic acids is 1. The van der Waals surface area contributed by atoms with Crippen molar-refractivity contribution in [1.82, 2.24) is 16.0 Å². The topological polar surface area (TPSA) is 171 Å². The minimum Gasteiger partial charge on any atom is -0.480 e. The summed E-state index contributed by atoms with van der Waals surface area (Å²) in [6.07, 6.45) is 0.359. The van der Waals surface area contributed by atoms with E-state index in [9.17, 15) is 24.3 Å². The van der Waals surface area contributed by atoms with Crippen LogP contribution in [0.1, 0.15) is 39.7 Å². The largest absolute Gasteiger partial charge is 0.480 e. The molecule has 1 aromatic carbocycles. The Morgan fingerprint density at radius 1 is 0.879 bits per heavy atom. The number of hydrogen-bond donors (Lipinski definition) is 6. The first kappa shape index (κ1) is 28.1. The molecule has 10 heteroatoms. The molecule has 0 fully saturated rings. The third kappa shape index (κ3) is 9.58. The van der Waals surface area contributed by atoms with Gasteiger partial charge < -0.3 is 31.9 Å². The minimum absolute atomic E-state index is 0.0323. The van der Waals surface area contributed by atoms with Crippen LogP contribution in [0, 0.1) is 11.8 Å². The first-order chi connectivity index (χ1) is 15.5. The number of amides is 3. The van der Waals surface area contributed by atoms with Crippen molar-refractivity contribution in [2.24, 2.45) is 17.6 Å². The zero-order valence-electron chi connectivity index (χ0n) is 19.6. The van der Waals surface area contributed by atoms with Crippen molar-refractivity contribution in [3.8, 4) is 0 Å². The Labute approximate surface area is 194 Å². The molecular formula is C23H36N4O6. The Morgan fingerprint density at radius 3 is 1.94 bits per heavy atom. The van der Waals surface area contributed by atoms with E-state index in [4.69, 9.17) is 10.8 Å². The maximum Gasteiger partial charge on any atom is 0.326 e. The molecule has 0 saturated heterocycles. The highest BCUT2D eigenvalue weighted by Crippen LogP contribution is 2.09. The van der Waals surface area contributed by atoms with Gasteiger partial charge in [0, 0.05) is 6.42 Å².